The van der Waals surface area contributed by atoms with E-state index in [0.717, 1.165) is 38.5 Å². The van der Waals surface area contributed by atoms with E-state index in [1.165, 1.54) is 12.8 Å². The van der Waals surface area contributed by atoms with Crippen LogP contribution in [-0.2, 0) is 18.1 Å². The monoisotopic (exact) mass is 640 g/mol. The van der Waals surface area contributed by atoms with Crippen molar-refractivity contribution in [2.24, 2.45) is 10.2 Å². The van der Waals surface area contributed by atoms with Crippen LogP contribution in [0.1, 0.15) is 91.0 Å². The Bertz CT molecular complexity index is 1160. The molecule has 0 unspecified atom stereocenters. The Morgan fingerprint density at radius 2 is 1.36 bits per heavy atom. The van der Waals surface area contributed by atoms with Crippen molar-refractivity contribution in [3.63, 3.8) is 0 Å². The van der Waals surface area contributed by atoms with Gasteiger partial charge in [-0.25, -0.2) is 0 Å². The molecule has 2 aromatic rings. The SMILES string of the molecule is CCCCCCOc1ccc(N=Nc2ccc(C#N)cc2)cc1OCCCCCC(=O)NCCC[Si](OCC)(OCC)OCC. The Morgan fingerprint density at radius 1 is 0.756 bits per heavy atom. The van der Waals surface area contributed by atoms with Crippen molar-refractivity contribution in [1.29, 1.82) is 5.26 Å². The molecule has 1 N–H and O–H groups in total. The van der Waals surface area contributed by atoms with Crippen molar-refractivity contribution >= 4 is 26.1 Å². The molecule has 248 valence electrons. The largest absolute Gasteiger partial charge is 0.500 e. The molecule has 0 bridgehead atoms. The average Bonchev–Trinajstić information content (AvgIpc) is 3.05. The zero-order valence-electron chi connectivity index (χ0n) is 27.6. The summed E-state index contributed by atoms with van der Waals surface area (Å²) in [6.07, 6.45) is 8.18. The summed E-state index contributed by atoms with van der Waals surface area (Å²) in [5.74, 6) is 1.37. The van der Waals surface area contributed by atoms with E-state index in [4.69, 9.17) is 28.0 Å². The maximum atomic E-state index is 12.4. The fourth-order valence-corrected chi connectivity index (χ4v) is 7.20. The smallest absolute Gasteiger partial charge is 0.490 e. The molecule has 0 atom stereocenters. The first kappa shape index (κ1) is 37.9. The Balaban J connectivity index is 1.80. The summed E-state index contributed by atoms with van der Waals surface area (Å²) >= 11 is 0. The first-order valence-corrected chi connectivity index (χ1v) is 18.4. The molecule has 45 heavy (non-hydrogen) atoms. The molecular weight excluding hydrogens is 588 g/mol. The van der Waals surface area contributed by atoms with Gasteiger partial charge in [-0.1, -0.05) is 26.2 Å². The van der Waals surface area contributed by atoms with Crippen LogP contribution in [0.4, 0.5) is 11.4 Å². The minimum atomic E-state index is -2.68. The number of nitriles is 1. The summed E-state index contributed by atoms with van der Waals surface area (Å²) in [6, 6.07) is 15.3. The fraction of sp³-hybridized carbons (Fsp3) is 0.588. The van der Waals surface area contributed by atoms with E-state index in [1.54, 1.807) is 24.3 Å². The summed E-state index contributed by atoms with van der Waals surface area (Å²) in [6.45, 7) is 11.4. The van der Waals surface area contributed by atoms with Crippen LogP contribution in [-0.4, -0.2) is 54.3 Å². The average molecular weight is 641 g/mol. The predicted molar refractivity (Wildman–Crippen MR) is 178 cm³/mol. The van der Waals surface area contributed by atoms with E-state index in [0.29, 0.717) is 80.5 Å². The molecule has 0 aliphatic carbocycles. The minimum Gasteiger partial charge on any atom is -0.490 e. The number of unbranched alkanes of at least 4 members (excludes halogenated alkanes) is 5. The van der Waals surface area contributed by atoms with Crippen LogP contribution >= 0.6 is 0 Å². The molecule has 0 saturated carbocycles. The number of rotatable bonds is 25. The fourth-order valence-electron chi connectivity index (χ4n) is 4.59. The number of carbonyl (C=O) groups excluding carboxylic acids is 1. The molecule has 0 heterocycles. The van der Waals surface area contributed by atoms with E-state index >= 15 is 0 Å². The zero-order chi connectivity index (χ0) is 32.6. The molecule has 0 aliphatic rings. The highest BCUT2D eigenvalue weighted by Gasteiger charge is 2.39. The molecule has 0 aliphatic heterocycles. The number of hydrogen-bond donors (Lipinski definition) is 1. The van der Waals surface area contributed by atoms with E-state index in [-0.39, 0.29) is 5.91 Å². The number of amides is 1. The van der Waals surface area contributed by atoms with Gasteiger partial charge in [-0.3, -0.25) is 4.79 Å². The van der Waals surface area contributed by atoms with E-state index < -0.39 is 8.80 Å². The number of nitrogens with one attached hydrogen (secondary N) is 1. The first-order valence-electron chi connectivity index (χ1n) is 16.5. The van der Waals surface area contributed by atoms with Crippen molar-refractivity contribution in [2.45, 2.75) is 91.5 Å². The van der Waals surface area contributed by atoms with Crippen LogP contribution < -0.4 is 14.8 Å². The van der Waals surface area contributed by atoms with Crippen molar-refractivity contribution in [2.75, 3.05) is 39.6 Å². The summed E-state index contributed by atoms with van der Waals surface area (Å²) in [5, 5.41) is 20.6. The standard InChI is InChI=1S/C34H52N4O6Si/c1-5-9-10-13-24-40-32-22-21-31(38-37-30-19-17-29(28-35)18-20-30)27-33(32)41-25-14-11-12-16-34(39)36-23-15-26-45(42-6-2,43-7-3)44-8-4/h17-22,27H,5-16,23-26H2,1-4H3,(H,36,39). The van der Waals surface area contributed by atoms with Crippen LogP contribution in [0, 0.1) is 11.3 Å². The van der Waals surface area contributed by atoms with Crippen molar-refractivity contribution in [3.05, 3.63) is 48.0 Å². The van der Waals surface area contributed by atoms with Crippen molar-refractivity contribution in [1.82, 2.24) is 5.32 Å². The lowest BCUT2D eigenvalue weighted by atomic mass is 10.2. The normalized spacial score (nSPS) is 11.4. The van der Waals surface area contributed by atoms with Gasteiger partial charge in [0.05, 0.1) is 36.2 Å². The van der Waals surface area contributed by atoms with Gasteiger partial charge < -0.3 is 28.1 Å². The van der Waals surface area contributed by atoms with Gasteiger partial charge >= 0.3 is 8.80 Å². The lowest BCUT2D eigenvalue weighted by molar-refractivity contribution is -0.121. The lowest BCUT2D eigenvalue weighted by Gasteiger charge is -2.28. The summed E-state index contributed by atoms with van der Waals surface area (Å²) in [4.78, 5) is 12.4. The van der Waals surface area contributed by atoms with Crippen LogP contribution in [0.5, 0.6) is 11.5 Å². The highest BCUT2D eigenvalue weighted by Crippen LogP contribution is 2.33. The second-order valence-electron chi connectivity index (χ2n) is 10.5. The molecule has 0 radical (unpaired) electrons. The minimum absolute atomic E-state index is 0.0477. The van der Waals surface area contributed by atoms with Gasteiger partial charge in [0, 0.05) is 44.9 Å². The van der Waals surface area contributed by atoms with Gasteiger partial charge in [0.1, 0.15) is 0 Å². The second-order valence-corrected chi connectivity index (χ2v) is 13.2. The third-order valence-corrected chi connectivity index (χ3v) is 9.99. The first-order chi connectivity index (χ1) is 22.0. The third-order valence-electron chi connectivity index (χ3n) is 6.84. The topological polar surface area (TPSA) is 124 Å². The van der Waals surface area contributed by atoms with Gasteiger partial charge in [-0.05, 0) is 89.3 Å². The van der Waals surface area contributed by atoms with E-state index in [1.807, 2.05) is 39.0 Å². The maximum absolute atomic E-state index is 12.4. The van der Waals surface area contributed by atoms with Gasteiger partial charge in [-0.2, -0.15) is 15.5 Å². The van der Waals surface area contributed by atoms with Crippen LogP contribution in [0.3, 0.4) is 0 Å². The summed E-state index contributed by atoms with van der Waals surface area (Å²) in [5.41, 5.74) is 1.88. The summed E-state index contributed by atoms with van der Waals surface area (Å²) < 4.78 is 29.8. The molecule has 11 heteroatoms. The van der Waals surface area contributed by atoms with Gasteiger partial charge in [0.15, 0.2) is 11.5 Å². The Labute approximate surface area is 270 Å². The molecule has 0 spiro atoms. The molecule has 1 amide bonds. The molecular formula is C34H52N4O6Si. The molecule has 2 rings (SSSR count). The maximum Gasteiger partial charge on any atom is 0.500 e. The van der Waals surface area contributed by atoms with Gasteiger partial charge in [-0.15, -0.1) is 0 Å². The molecule has 0 aromatic heterocycles. The zero-order valence-corrected chi connectivity index (χ0v) is 28.6. The summed E-state index contributed by atoms with van der Waals surface area (Å²) in [7, 11) is -2.68. The van der Waals surface area contributed by atoms with Crippen LogP contribution in [0.25, 0.3) is 0 Å². The number of hydrogen-bond acceptors (Lipinski definition) is 9. The van der Waals surface area contributed by atoms with Gasteiger partial charge in [0.25, 0.3) is 0 Å². The number of carbonyl (C=O) groups is 1. The van der Waals surface area contributed by atoms with Gasteiger partial charge in [0.2, 0.25) is 5.91 Å². The lowest BCUT2D eigenvalue weighted by Crippen LogP contribution is -2.46. The quantitative estimate of drug-likeness (QED) is 0.0656. The third kappa shape index (κ3) is 15.5. The van der Waals surface area contributed by atoms with Crippen molar-refractivity contribution < 1.29 is 27.5 Å². The highest BCUT2D eigenvalue weighted by molar-refractivity contribution is 6.60. The van der Waals surface area contributed by atoms with E-state index in [9.17, 15) is 4.79 Å². The van der Waals surface area contributed by atoms with Crippen LogP contribution in [0.2, 0.25) is 6.04 Å². The number of azo groups is 1. The number of ether oxygens (including phenoxy) is 2. The Morgan fingerprint density at radius 3 is 1.98 bits per heavy atom. The second kappa shape index (κ2) is 23.1. The molecule has 2 aromatic carbocycles. The predicted octanol–water partition coefficient (Wildman–Crippen LogP) is 8.43. The van der Waals surface area contributed by atoms with Crippen molar-refractivity contribution in [3.8, 4) is 17.6 Å². The number of benzene rings is 2. The highest BCUT2D eigenvalue weighted by atomic mass is 28.4. The Hall–Kier alpha value is -3.30. The molecule has 0 saturated heterocycles. The number of nitrogens with zero attached hydrogens (tertiary/aromatic N) is 3. The Kier molecular flexibility index (Phi) is 19.4. The molecule has 10 nitrogen and oxygen atoms in total. The molecule has 0 fully saturated rings. The van der Waals surface area contributed by atoms with E-state index in [2.05, 4.69) is 28.5 Å². The van der Waals surface area contributed by atoms with Crippen LogP contribution in [0.15, 0.2) is 52.7 Å².